The van der Waals surface area contributed by atoms with Crippen LogP contribution in [0, 0.1) is 18.8 Å². The SMILES string of the molecule is Cc1cc(C(=O)Nc2nnns2)sc1C#CCCO. The van der Waals surface area contributed by atoms with Gasteiger partial charge >= 0.3 is 0 Å². The first-order chi connectivity index (χ1) is 9.20. The van der Waals surface area contributed by atoms with Crippen LogP contribution in [-0.4, -0.2) is 32.4 Å². The molecule has 19 heavy (non-hydrogen) atoms. The molecule has 1 amide bonds. The molecule has 0 saturated heterocycles. The highest BCUT2D eigenvalue weighted by atomic mass is 32.1. The molecule has 2 N–H and O–H groups in total. The number of nitrogens with one attached hydrogen (secondary N) is 1. The lowest BCUT2D eigenvalue weighted by molar-refractivity contribution is 0.103. The minimum atomic E-state index is -0.248. The molecule has 2 heterocycles. The van der Waals surface area contributed by atoms with Gasteiger partial charge in [-0.05, 0) is 23.8 Å². The van der Waals surface area contributed by atoms with E-state index < -0.39 is 0 Å². The van der Waals surface area contributed by atoms with Crippen LogP contribution in [0.25, 0.3) is 0 Å². The van der Waals surface area contributed by atoms with Gasteiger partial charge in [0.05, 0.1) is 16.4 Å². The maximum absolute atomic E-state index is 11.9. The molecule has 0 atom stereocenters. The van der Waals surface area contributed by atoms with E-state index in [9.17, 15) is 4.79 Å². The van der Waals surface area contributed by atoms with Crippen LogP contribution >= 0.6 is 22.9 Å². The third-order valence-electron chi connectivity index (χ3n) is 2.10. The van der Waals surface area contributed by atoms with Gasteiger partial charge < -0.3 is 5.11 Å². The summed E-state index contributed by atoms with van der Waals surface area (Å²) >= 11 is 2.33. The van der Waals surface area contributed by atoms with E-state index in [1.807, 2.05) is 6.92 Å². The Kier molecular flexibility index (Phi) is 4.57. The Bertz CT molecular complexity index is 625. The van der Waals surface area contributed by atoms with Crippen molar-refractivity contribution in [3.8, 4) is 11.8 Å². The molecule has 0 radical (unpaired) electrons. The molecule has 0 fully saturated rings. The third kappa shape index (κ3) is 3.57. The van der Waals surface area contributed by atoms with Gasteiger partial charge in [0.2, 0.25) is 5.13 Å². The Morgan fingerprint density at radius 3 is 3.11 bits per heavy atom. The zero-order valence-corrected chi connectivity index (χ0v) is 11.6. The van der Waals surface area contributed by atoms with E-state index in [0.29, 0.717) is 16.4 Å². The van der Waals surface area contributed by atoms with Gasteiger partial charge in [-0.3, -0.25) is 10.1 Å². The second-order valence-electron chi connectivity index (χ2n) is 3.52. The van der Waals surface area contributed by atoms with E-state index in [1.165, 1.54) is 11.3 Å². The average Bonchev–Trinajstić information content (AvgIpc) is 3.00. The number of hydrogen-bond donors (Lipinski definition) is 2. The van der Waals surface area contributed by atoms with Crippen LogP contribution in [0.5, 0.6) is 0 Å². The number of aliphatic hydroxyl groups is 1. The van der Waals surface area contributed by atoms with E-state index in [0.717, 1.165) is 22.0 Å². The highest BCUT2D eigenvalue weighted by molar-refractivity contribution is 7.15. The van der Waals surface area contributed by atoms with Crippen molar-refractivity contribution in [1.82, 2.24) is 14.8 Å². The Morgan fingerprint density at radius 1 is 1.58 bits per heavy atom. The molecule has 2 aromatic heterocycles. The zero-order valence-electron chi connectivity index (χ0n) is 10.0. The topological polar surface area (TPSA) is 88.0 Å². The number of rotatable bonds is 3. The predicted molar refractivity (Wildman–Crippen MR) is 73.3 cm³/mol. The largest absolute Gasteiger partial charge is 0.395 e. The Hall–Kier alpha value is -1.82. The van der Waals surface area contributed by atoms with E-state index in [-0.39, 0.29) is 12.5 Å². The second kappa shape index (κ2) is 6.38. The number of amides is 1. The number of aromatic nitrogens is 3. The molecule has 98 valence electrons. The van der Waals surface area contributed by atoms with Crippen LogP contribution in [0.4, 0.5) is 5.13 Å². The van der Waals surface area contributed by atoms with Gasteiger partial charge in [0, 0.05) is 18.0 Å². The first-order valence-electron chi connectivity index (χ1n) is 5.37. The summed E-state index contributed by atoms with van der Waals surface area (Å²) < 4.78 is 3.56. The summed E-state index contributed by atoms with van der Waals surface area (Å²) in [6, 6.07) is 1.78. The maximum Gasteiger partial charge on any atom is 0.267 e. The summed E-state index contributed by atoms with van der Waals surface area (Å²) in [4.78, 5) is 13.3. The number of carbonyl (C=O) groups excluding carboxylic acids is 1. The lowest BCUT2D eigenvalue weighted by Gasteiger charge is -1.95. The molecule has 2 rings (SSSR count). The highest BCUT2D eigenvalue weighted by Crippen LogP contribution is 2.22. The Morgan fingerprint density at radius 2 is 2.42 bits per heavy atom. The fraction of sp³-hybridized carbons (Fsp3) is 0.273. The molecule has 8 heteroatoms. The first kappa shape index (κ1) is 13.6. The average molecular weight is 294 g/mol. The lowest BCUT2D eigenvalue weighted by atomic mass is 10.2. The number of aliphatic hydroxyl groups excluding tert-OH is 1. The summed E-state index contributed by atoms with van der Waals surface area (Å²) in [6.07, 6.45) is 0.426. The standard InChI is InChI=1S/C11H10N4O2S2/c1-7-6-9(18-8(7)4-2-3-5-16)10(17)12-11-13-14-15-19-11/h6,16H,3,5H2,1H3,(H,12,13,15,17). The number of anilines is 1. The van der Waals surface area contributed by atoms with Gasteiger partial charge in [0.1, 0.15) is 0 Å². The number of thiophene rings is 1. The fourth-order valence-corrected chi connectivity index (χ4v) is 2.56. The van der Waals surface area contributed by atoms with Gasteiger partial charge in [0.15, 0.2) is 0 Å². The first-order valence-corrected chi connectivity index (χ1v) is 6.96. The molecule has 2 aromatic rings. The van der Waals surface area contributed by atoms with Gasteiger partial charge in [0.25, 0.3) is 5.91 Å². The van der Waals surface area contributed by atoms with Crippen molar-refractivity contribution >= 4 is 33.9 Å². The lowest BCUT2D eigenvalue weighted by Crippen LogP contribution is -2.09. The minimum absolute atomic E-state index is 0.0365. The maximum atomic E-state index is 11.9. The smallest absolute Gasteiger partial charge is 0.267 e. The molecule has 0 spiro atoms. The summed E-state index contributed by atoms with van der Waals surface area (Å²) in [5.41, 5.74) is 0.941. The highest BCUT2D eigenvalue weighted by Gasteiger charge is 2.13. The van der Waals surface area contributed by atoms with Gasteiger partial charge in [-0.15, -0.1) is 11.3 Å². The van der Waals surface area contributed by atoms with E-state index >= 15 is 0 Å². The summed E-state index contributed by atoms with van der Waals surface area (Å²) in [6.45, 7) is 1.93. The third-order valence-corrected chi connectivity index (χ3v) is 3.76. The van der Waals surface area contributed by atoms with Gasteiger partial charge in [-0.2, -0.15) is 0 Å². The molecule has 6 nitrogen and oxygen atoms in total. The number of carbonyl (C=O) groups is 1. The molecule has 0 aliphatic carbocycles. The molecule has 0 aliphatic rings. The fourth-order valence-electron chi connectivity index (χ4n) is 1.26. The molecule has 0 unspecified atom stereocenters. The van der Waals surface area contributed by atoms with Crippen molar-refractivity contribution in [2.24, 2.45) is 0 Å². The Balaban J connectivity index is 2.11. The second-order valence-corrected chi connectivity index (χ2v) is 5.30. The van der Waals surface area contributed by atoms with Crippen molar-refractivity contribution < 1.29 is 9.90 Å². The van der Waals surface area contributed by atoms with Crippen LogP contribution in [-0.2, 0) is 0 Å². The molecule has 0 saturated carbocycles. The van der Waals surface area contributed by atoms with Crippen molar-refractivity contribution in [1.29, 1.82) is 0 Å². The number of nitrogens with zero attached hydrogens (tertiary/aromatic N) is 3. The Labute approximate surface area is 117 Å². The van der Waals surface area contributed by atoms with Crippen LogP contribution < -0.4 is 5.32 Å². The van der Waals surface area contributed by atoms with Crippen molar-refractivity contribution in [3.05, 3.63) is 21.4 Å². The molecule has 0 aliphatic heterocycles. The van der Waals surface area contributed by atoms with Gasteiger partial charge in [-0.1, -0.05) is 21.4 Å². The molecular weight excluding hydrogens is 284 g/mol. The van der Waals surface area contributed by atoms with Crippen molar-refractivity contribution in [2.45, 2.75) is 13.3 Å². The number of aryl methyl sites for hydroxylation is 1. The summed E-state index contributed by atoms with van der Waals surface area (Å²) in [5, 5.41) is 18.7. The molecule has 0 aromatic carbocycles. The van der Waals surface area contributed by atoms with Crippen LogP contribution in [0.15, 0.2) is 6.07 Å². The normalized spacial score (nSPS) is 9.79. The molecule has 0 bridgehead atoms. The van der Waals surface area contributed by atoms with Crippen molar-refractivity contribution in [3.63, 3.8) is 0 Å². The summed E-state index contributed by atoms with van der Waals surface area (Å²) in [7, 11) is 0. The zero-order chi connectivity index (χ0) is 13.7. The van der Waals surface area contributed by atoms with Gasteiger partial charge in [-0.25, -0.2) is 0 Å². The van der Waals surface area contributed by atoms with Crippen LogP contribution in [0.3, 0.4) is 0 Å². The quantitative estimate of drug-likeness (QED) is 0.833. The molecular formula is C11H10N4O2S2. The van der Waals surface area contributed by atoms with Crippen molar-refractivity contribution in [2.75, 3.05) is 11.9 Å². The van der Waals surface area contributed by atoms with E-state index in [4.69, 9.17) is 5.11 Å². The number of hydrogen-bond acceptors (Lipinski definition) is 7. The summed E-state index contributed by atoms with van der Waals surface area (Å²) in [5.74, 6) is 5.53. The van der Waals surface area contributed by atoms with Crippen LogP contribution in [0.1, 0.15) is 26.5 Å². The predicted octanol–water partition coefficient (Wildman–Crippen LogP) is 1.29. The minimum Gasteiger partial charge on any atom is -0.395 e. The van der Waals surface area contributed by atoms with E-state index in [2.05, 4.69) is 32.0 Å². The monoisotopic (exact) mass is 294 g/mol. The van der Waals surface area contributed by atoms with E-state index in [1.54, 1.807) is 6.07 Å². The van der Waals surface area contributed by atoms with Crippen LogP contribution in [0.2, 0.25) is 0 Å².